The molecule has 3 rings (SSSR count). The van der Waals surface area contributed by atoms with Crippen LogP contribution < -0.4 is 4.74 Å². The Hall–Kier alpha value is -1.90. The van der Waals surface area contributed by atoms with Crippen molar-refractivity contribution in [2.75, 3.05) is 12.4 Å². The van der Waals surface area contributed by atoms with Crippen LogP contribution in [-0.2, 0) is 21.4 Å². The lowest BCUT2D eigenvalue weighted by atomic mass is 9.73. The maximum Gasteiger partial charge on any atom is 0.305 e. The molecule has 2 heterocycles. The van der Waals surface area contributed by atoms with Crippen LogP contribution in [-0.4, -0.2) is 23.9 Å². The van der Waals surface area contributed by atoms with Crippen LogP contribution in [0.5, 0.6) is 5.75 Å². The lowest BCUT2D eigenvalue weighted by Crippen LogP contribution is -2.41. The van der Waals surface area contributed by atoms with Gasteiger partial charge in [0.15, 0.2) is 0 Å². The normalized spacial score (nSPS) is 15.7. The summed E-state index contributed by atoms with van der Waals surface area (Å²) in [4.78, 5) is 15.0. The van der Waals surface area contributed by atoms with Crippen molar-refractivity contribution < 1.29 is 14.3 Å². The Bertz CT molecular complexity index is 1040. The van der Waals surface area contributed by atoms with Gasteiger partial charge in [0.05, 0.1) is 11.5 Å². The summed E-state index contributed by atoms with van der Waals surface area (Å²) in [7, 11) is 0. The van der Waals surface area contributed by atoms with Gasteiger partial charge in [-0.05, 0) is 81.9 Å². The first-order valence-electron chi connectivity index (χ1n) is 11.9. The van der Waals surface area contributed by atoms with Crippen LogP contribution in [0.15, 0.2) is 29.2 Å². The minimum atomic E-state index is -0.165. The van der Waals surface area contributed by atoms with E-state index < -0.39 is 0 Å². The molecule has 0 N–H and O–H groups in total. The molecule has 0 atom stereocenters. The zero-order valence-corrected chi connectivity index (χ0v) is 22.4. The fourth-order valence-electron chi connectivity index (χ4n) is 4.55. The number of carbonyl (C=O) groups excluding carboxylic acids is 1. The first-order chi connectivity index (χ1) is 15.6. The third kappa shape index (κ3) is 7.04. The summed E-state index contributed by atoms with van der Waals surface area (Å²) < 4.78 is 11.3. The number of thiophene rings is 1. The first-order valence-corrected chi connectivity index (χ1v) is 13.7. The summed E-state index contributed by atoms with van der Waals surface area (Å²) >= 11 is 3.57. The molecule has 0 saturated carbocycles. The maximum absolute atomic E-state index is 11.5. The Kier molecular flexibility index (Phi) is 8.59. The van der Waals surface area contributed by atoms with E-state index in [0.717, 1.165) is 47.6 Å². The highest BCUT2D eigenvalue weighted by Crippen LogP contribution is 2.46. The highest BCUT2D eigenvalue weighted by atomic mass is 32.2. The maximum atomic E-state index is 11.5. The van der Waals surface area contributed by atoms with Crippen molar-refractivity contribution in [1.29, 1.82) is 0 Å². The van der Waals surface area contributed by atoms with Gasteiger partial charge < -0.3 is 9.47 Å². The monoisotopic (exact) mass is 484 g/mol. The molecule has 0 spiro atoms. The van der Waals surface area contributed by atoms with Crippen molar-refractivity contribution in [2.45, 2.75) is 89.6 Å². The number of ether oxygens (including phenoxy) is 2. The number of esters is 1. The minimum Gasteiger partial charge on any atom is -0.487 e. The van der Waals surface area contributed by atoms with Crippen molar-refractivity contribution in [2.24, 2.45) is 0 Å². The van der Waals surface area contributed by atoms with Crippen molar-refractivity contribution in [3.8, 4) is 17.6 Å². The van der Waals surface area contributed by atoms with Crippen LogP contribution >= 0.6 is 23.1 Å². The average Bonchev–Trinajstić information content (AvgIpc) is 3.17. The van der Waals surface area contributed by atoms with Gasteiger partial charge in [0.25, 0.3) is 0 Å². The largest absolute Gasteiger partial charge is 0.487 e. The third-order valence-electron chi connectivity index (χ3n) is 5.71. The molecule has 0 unspecified atom stereocenters. The van der Waals surface area contributed by atoms with E-state index in [9.17, 15) is 4.79 Å². The van der Waals surface area contributed by atoms with Crippen LogP contribution in [0.1, 0.15) is 88.1 Å². The van der Waals surface area contributed by atoms with Crippen molar-refractivity contribution in [1.82, 2.24) is 0 Å². The number of unbranched alkanes of at least 4 members (excludes halogenated alkanes) is 1. The molecular weight excluding hydrogens is 448 g/mol. The predicted octanol–water partition coefficient (Wildman–Crippen LogP) is 7.37. The number of hydrogen-bond donors (Lipinski definition) is 0. The number of rotatable bonds is 8. The van der Waals surface area contributed by atoms with E-state index in [-0.39, 0.29) is 17.0 Å². The van der Waals surface area contributed by atoms with Crippen molar-refractivity contribution in [3.63, 3.8) is 0 Å². The molecule has 1 aromatic carbocycles. The predicted molar refractivity (Wildman–Crippen MR) is 140 cm³/mol. The van der Waals surface area contributed by atoms with E-state index in [1.54, 1.807) is 11.3 Å². The number of thioether (sulfide) groups is 1. The summed E-state index contributed by atoms with van der Waals surface area (Å²) in [6, 6.07) is 8.71. The quantitative estimate of drug-likeness (QED) is 0.169. The molecule has 0 saturated heterocycles. The van der Waals surface area contributed by atoms with E-state index in [1.807, 2.05) is 18.7 Å². The van der Waals surface area contributed by atoms with Gasteiger partial charge in [-0.25, -0.2) is 0 Å². The average molecular weight is 485 g/mol. The van der Waals surface area contributed by atoms with Gasteiger partial charge in [-0.3, -0.25) is 4.79 Å². The van der Waals surface area contributed by atoms with Crippen LogP contribution in [0.25, 0.3) is 0 Å². The Morgan fingerprint density at radius 3 is 2.67 bits per heavy atom. The molecule has 1 aromatic heterocycles. The standard InChI is InChI=1S/C28H36O3S2/c1-7-30-26(29)12-10-9-11-21-15-16-22(33-21)14-13-20-17-23-24(18-25(20)32-8-2)31-28(5,6)19-27(23,3)4/h15-18H,7-12,19H2,1-6H3. The number of carbonyl (C=O) groups is 1. The number of hydrogen-bond acceptors (Lipinski definition) is 5. The van der Waals surface area contributed by atoms with Crippen molar-refractivity contribution >= 4 is 29.1 Å². The van der Waals surface area contributed by atoms with Crippen molar-refractivity contribution in [3.05, 3.63) is 45.1 Å². The molecule has 33 heavy (non-hydrogen) atoms. The summed E-state index contributed by atoms with van der Waals surface area (Å²) in [5.41, 5.74) is 2.21. The summed E-state index contributed by atoms with van der Waals surface area (Å²) in [5.74, 6) is 8.75. The van der Waals surface area contributed by atoms with Gasteiger partial charge in [-0.1, -0.05) is 32.6 Å². The molecule has 1 aliphatic heterocycles. The van der Waals surface area contributed by atoms with Gasteiger partial charge in [-0.2, -0.15) is 0 Å². The van der Waals surface area contributed by atoms with E-state index in [0.29, 0.717) is 13.0 Å². The molecule has 2 aromatic rings. The molecule has 0 amide bonds. The molecular formula is C28H36O3S2. The Labute approximate surface area is 207 Å². The van der Waals surface area contributed by atoms with Crippen LogP contribution in [0, 0.1) is 11.8 Å². The number of benzene rings is 1. The molecule has 1 aliphatic rings. The van der Waals surface area contributed by atoms with Crippen LogP contribution in [0.3, 0.4) is 0 Å². The van der Waals surface area contributed by atoms with Gasteiger partial charge >= 0.3 is 5.97 Å². The lowest BCUT2D eigenvalue weighted by Gasteiger charge is -2.42. The Morgan fingerprint density at radius 1 is 1.15 bits per heavy atom. The molecule has 5 heteroatoms. The zero-order chi connectivity index (χ0) is 24.1. The molecule has 0 fully saturated rings. The van der Waals surface area contributed by atoms with Crippen LogP contribution in [0.2, 0.25) is 0 Å². The molecule has 178 valence electrons. The summed E-state index contributed by atoms with van der Waals surface area (Å²) in [5, 5.41) is 0. The molecule has 0 aliphatic carbocycles. The van der Waals surface area contributed by atoms with Gasteiger partial charge in [0.2, 0.25) is 0 Å². The Morgan fingerprint density at radius 2 is 1.94 bits per heavy atom. The highest BCUT2D eigenvalue weighted by molar-refractivity contribution is 7.99. The topological polar surface area (TPSA) is 35.5 Å². The second-order valence-corrected chi connectivity index (χ2v) is 12.2. The second-order valence-electron chi connectivity index (χ2n) is 9.73. The van der Waals surface area contributed by atoms with Crippen LogP contribution in [0.4, 0.5) is 0 Å². The van der Waals surface area contributed by atoms with E-state index >= 15 is 0 Å². The summed E-state index contributed by atoms with van der Waals surface area (Å²) in [6.45, 7) is 13.4. The van der Waals surface area contributed by atoms with Gasteiger partial charge in [0.1, 0.15) is 11.4 Å². The van der Waals surface area contributed by atoms with E-state index in [4.69, 9.17) is 9.47 Å². The van der Waals surface area contributed by atoms with E-state index in [2.05, 4.69) is 70.7 Å². The summed E-state index contributed by atoms with van der Waals surface area (Å²) in [6.07, 6.45) is 4.30. The smallest absolute Gasteiger partial charge is 0.305 e. The Balaban J connectivity index is 1.74. The minimum absolute atomic E-state index is 0.0442. The second kappa shape index (κ2) is 11.0. The van der Waals surface area contributed by atoms with E-state index in [1.165, 1.54) is 15.3 Å². The first kappa shape index (κ1) is 25.7. The highest BCUT2D eigenvalue weighted by Gasteiger charge is 2.39. The number of fused-ring (bicyclic) bond motifs is 1. The lowest BCUT2D eigenvalue weighted by molar-refractivity contribution is -0.143. The van der Waals surface area contributed by atoms with Gasteiger partial charge in [0, 0.05) is 27.3 Å². The van der Waals surface area contributed by atoms with Gasteiger partial charge in [-0.15, -0.1) is 23.1 Å². The number of aryl methyl sites for hydroxylation is 1. The molecule has 0 bridgehead atoms. The molecule has 0 radical (unpaired) electrons. The molecule has 3 nitrogen and oxygen atoms in total. The SMILES string of the molecule is CCOC(=O)CCCCc1ccc(C#Cc2cc3c(cc2SCC)OC(C)(C)CC3(C)C)s1. The fraction of sp³-hybridized carbons (Fsp3) is 0.536. The third-order valence-corrected chi connectivity index (χ3v) is 7.70. The zero-order valence-electron chi connectivity index (χ0n) is 20.8. The fourth-order valence-corrected chi connectivity index (χ4v) is 6.22.